The molecular formula is C70H110N12O22S2. The van der Waals surface area contributed by atoms with Crippen LogP contribution in [0.25, 0.3) is 0 Å². The van der Waals surface area contributed by atoms with Crippen LogP contribution in [0.5, 0.6) is 0 Å². The van der Waals surface area contributed by atoms with Crippen molar-refractivity contribution >= 4 is 105 Å². The van der Waals surface area contributed by atoms with E-state index in [-0.39, 0.29) is 191 Å². The zero-order valence-electron chi connectivity index (χ0n) is 62.6. The molecule has 0 saturated carbocycles. The standard InChI is InChI=1S/C70H110N12O22S2/c1-97-61(87)21-39-79(40-22-62(88)98-2)47-29-71-57(83)17-35-77(36-18-58(84)72-30-48-80(41-23-63(89)99-3)42-24-64(90)100-4)51-33-75-69(95)53-9-13-55(14-10-53)105-106-56-15-11-54(12-16-56)70(96)76-34-52-78(37-19-59(85)73-31-49-81(43-25-65(91)101-5)44-26-66(92)102-6)38-20-60(86)74-32-50-82(45-27-67(93)103-7)46-28-68(94)104-8/h9-16H,17-52H2,1-8H3,(H,71,83)(H,72,84)(H,73,85)(H,74,86)(H,75,95)(H,76,96). The van der Waals surface area contributed by atoms with Gasteiger partial charge in [-0.25, -0.2) is 0 Å². The summed E-state index contributed by atoms with van der Waals surface area (Å²) in [4.78, 5) is 187. The van der Waals surface area contributed by atoms with Crippen molar-refractivity contribution < 1.29 is 105 Å². The lowest BCUT2D eigenvalue weighted by atomic mass is 10.2. The summed E-state index contributed by atoms with van der Waals surface area (Å²) in [6, 6.07) is 14.0. The number of nitrogens with zero attached hydrogens (tertiary/aromatic N) is 6. The largest absolute Gasteiger partial charge is 0.469 e. The maximum atomic E-state index is 13.5. The second-order valence-electron chi connectivity index (χ2n) is 23.8. The maximum absolute atomic E-state index is 13.5. The number of hydrogen-bond donors (Lipinski definition) is 6. The zero-order chi connectivity index (χ0) is 78.3. The molecule has 0 atom stereocenters. The third-order valence-electron chi connectivity index (χ3n) is 16.4. The van der Waals surface area contributed by atoms with Crippen LogP contribution in [0.2, 0.25) is 0 Å². The van der Waals surface area contributed by atoms with E-state index in [1.165, 1.54) is 78.5 Å². The van der Waals surface area contributed by atoms with Gasteiger partial charge in [0.15, 0.2) is 0 Å². The molecule has 34 nitrogen and oxygen atoms in total. The molecule has 36 heteroatoms. The van der Waals surface area contributed by atoms with Crippen LogP contribution in [0, 0.1) is 0 Å². The monoisotopic (exact) mass is 1530 g/mol. The van der Waals surface area contributed by atoms with Gasteiger partial charge in [-0.3, -0.25) is 67.1 Å². The Kier molecular flexibility index (Phi) is 50.9. The van der Waals surface area contributed by atoms with Crippen LogP contribution in [0.4, 0.5) is 0 Å². The van der Waals surface area contributed by atoms with E-state index in [0.29, 0.717) is 89.7 Å². The number of nitrogens with one attached hydrogen (secondary N) is 6. The Morgan fingerprint density at radius 1 is 0.236 bits per heavy atom. The number of hydrogen-bond acceptors (Lipinski definition) is 30. The Hall–Kier alpha value is -8.52. The number of rotatable bonds is 59. The van der Waals surface area contributed by atoms with E-state index in [1.54, 1.807) is 48.5 Å². The van der Waals surface area contributed by atoms with Gasteiger partial charge in [-0.1, -0.05) is 21.6 Å². The summed E-state index contributed by atoms with van der Waals surface area (Å²) in [7, 11) is 13.2. The molecule has 0 radical (unpaired) electrons. The summed E-state index contributed by atoms with van der Waals surface area (Å²) >= 11 is 0. The number of carbonyl (C=O) groups excluding carboxylic acids is 14. The summed E-state index contributed by atoms with van der Waals surface area (Å²) < 4.78 is 38.0. The van der Waals surface area contributed by atoms with Gasteiger partial charge in [-0.15, -0.1) is 0 Å². The summed E-state index contributed by atoms with van der Waals surface area (Å²) in [6.45, 7) is 6.48. The van der Waals surface area contributed by atoms with E-state index in [4.69, 9.17) is 37.9 Å². The highest BCUT2D eigenvalue weighted by Gasteiger charge is 2.20. The topological polar surface area (TPSA) is 404 Å². The van der Waals surface area contributed by atoms with Crippen LogP contribution in [0.15, 0.2) is 58.3 Å². The Bertz CT molecular complexity index is 2620. The van der Waals surface area contributed by atoms with E-state index in [9.17, 15) is 67.1 Å². The van der Waals surface area contributed by atoms with Crippen molar-refractivity contribution in [3.8, 4) is 0 Å². The Morgan fingerprint density at radius 3 is 0.566 bits per heavy atom. The molecule has 0 fully saturated rings. The minimum absolute atomic E-state index is 0.0511. The van der Waals surface area contributed by atoms with Crippen molar-refractivity contribution in [1.29, 1.82) is 0 Å². The van der Waals surface area contributed by atoms with Gasteiger partial charge < -0.3 is 99.2 Å². The first-order valence-corrected chi connectivity index (χ1v) is 37.2. The van der Waals surface area contributed by atoms with Crippen LogP contribution < -0.4 is 31.9 Å². The molecule has 0 spiro atoms. The van der Waals surface area contributed by atoms with Crippen LogP contribution in [0.1, 0.15) is 97.8 Å². The van der Waals surface area contributed by atoms with E-state index < -0.39 is 47.8 Å². The summed E-state index contributed by atoms with van der Waals surface area (Å²) in [5, 5.41) is 17.4. The van der Waals surface area contributed by atoms with Crippen LogP contribution in [-0.4, -0.2) is 327 Å². The normalized spacial score (nSPS) is 11.0. The molecule has 0 aliphatic rings. The van der Waals surface area contributed by atoms with Crippen molar-refractivity contribution in [1.82, 2.24) is 61.3 Å². The molecule has 6 N–H and O–H groups in total. The Morgan fingerprint density at radius 2 is 0.396 bits per heavy atom. The first kappa shape index (κ1) is 93.6. The number of ether oxygens (including phenoxy) is 8. The third-order valence-corrected chi connectivity index (χ3v) is 18.8. The van der Waals surface area contributed by atoms with Crippen molar-refractivity contribution in [3.63, 3.8) is 0 Å². The highest BCUT2D eigenvalue weighted by molar-refractivity contribution is 8.76. The van der Waals surface area contributed by atoms with E-state index in [0.717, 1.165) is 9.79 Å². The van der Waals surface area contributed by atoms with Gasteiger partial charge in [0.05, 0.1) is 108 Å². The Balaban J connectivity index is 2.08. The van der Waals surface area contributed by atoms with Crippen molar-refractivity contribution in [2.45, 2.75) is 86.8 Å². The first-order chi connectivity index (χ1) is 51.0. The molecule has 0 saturated heterocycles. The van der Waals surface area contributed by atoms with Crippen LogP contribution in [-0.2, 0) is 95.4 Å². The van der Waals surface area contributed by atoms with Crippen LogP contribution in [0.3, 0.4) is 0 Å². The number of amides is 6. The molecule has 0 bridgehead atoms. The van der Waals surface area contributed by atoms with Crippen molar-refractivity contribution in [3.05, 3.63) is 59.7 Å². The average molecular weight is 1540 g/mol. The molecule has 594 valence electrons. The predicted molar refractivity (Wildman–Crippen MR) is 391 cm³/mol. The van der Waals surface area contributed by atoms with Gasteiger partial charge in [0.2, 0.25) is 23.6 Å². The maximum Gasteiger partial charge on any atom is 0.306 e. The summed E-state index contributed by atoms with van der Waals surface area (Å²) in [5.41, 5.74) is 0.791. The number of carbonyl (C=O) groups is 14. The van der Waals surface area contributed by atoms with Gasteiger partial charge in [0.1, 0.15) is 0 Å². The van der Waals surface area contributed by atoms with Gasteiger partial charge in [-0.05, 0) is 48.5 Å². The lowest BCUT2D eigenvalue weighted by Gasteiger charge is -2.24. The lowest BCUT2D eigenvalue weighted by molar-refractivity contribution is -0.142. The minimum Gasteiger partial charge on any atom is -0.469 e. The molecule has 0 unspecified atom stereocenters. The molecule has 0 heterocycles. The lowest BCUT2D eigenvalue weighted by Crippen LogP contribution is -2.41. The van der Waals surface area contributed by atoms with Crippen molar-refractivity contribution in [2.75, 3.05) is 214 Å². The Labute approximate surface area is 628 Å². The van der Waals surface area contributed by atoms with Crippen LogP contribution >= 0.6 is 21.6 Å². The fourth-order valence-corrected chi connectivity index (χ4v) is 11.8. The fraction of sp³-hybridized carbons (Fsp3) is 0.629. The molecule has 0 aliphatic carbocycles. The molecule has 0 aromatic heterocycles. The van der Waals surface area contributed by atoms with E-state index in [1.807, 2.05) is 29.4 Å². The molecule has 106 heavy (non-hydrogen) atoms. The number of benzene rings is 2. The molecular weight excluding hydrogens is 1420 g/mol. The second kappa shape index (κ2) is 57.7. The van der Waals surface area contributed by atoms with Gasteiger partial charge >= 0.3 is 47.8 Å². The number of methoxy groups -OCH3 is 8. The van der Waals surface area contributed by atoms with Gasteiger partial charge in [-0.2, -0.15) is 0 Å². The smallest absolute Gasteiger partial charge is 0.306 e. The first-order valence-electron chi connectivity index (χ1n) is 35.0. The molecule has 6 amide bonds. The third kappa shape index (κ3) is 45.8. The quantitative estimate of drug-likeness (QED) is 0.0294. The number of esters is 8. The van der Waals surface area contributed by atoms with E-state index >= 15 is 0 Å². The van der Waals surface area contributed by atoms with Crippen molar-refractivity contribution in [2.24, 2.45) is 0 Å². The van der Waals surface area contributed by atoms with Gasteiger partial charge in [0.25, 0.3) is 11.8 Å². The fourth-order valence-electron chi connectivity index (χ4n) is 9.91. The molecule has 2 rings (SSSR count). The minimum atomic E-state index is -0.418. The second-order valence-corrected chi connectivity index (χ2v) is 26.1. The average Bonchev–Trinajstić information content (AvgIpc) is 0.874. The summed E-state index contributed by atoms with van der Waals surface area (Å²) in [5.74, 6) is -5.15. The molecule has 0 aliphatic heterocycles. The molecule has 2 aromatic rings. The van der Waals surface area contributed by atoms with E-state index in [2.05, 4.69) is 31.9 Å². The zero-order valence-corrected chi connectivity index (χ0v) is 64.2. The van der Waals surface area contributed by atoms with Gasteiger partial charge in [0, 0.05) is 204 Å². The SMILES string of the molecule is COC(=O)CCN(CCNC(=O)CCN(CCNC(=O)c1ccc(SSc2ccc(C(=O)NCCN(CCC(=O)NCCN(CCC(=O)OC)CCC(=O)OC)CCC(=O)NCCN(CCC(=O)OC)CCC(=O)OC)cc2)cc1)CCC(=O)NCCN(CCC(=O)OC)CCC(=O)OC)CCC(=O)OC. The summed E-state index contributed by atoms with van der Waals surface area (Å²) in [6.07, 6.45) is 0.906. The predicted octanol–water partition coefficient (Wildman–Crippen LogP) is 0.288. The highest BCUT2D eigenvalue weighted by Crippen LogP contribution is 2.37. The highest BCUT2D eigenvalue weighted by atomic mass is 33.1. The molecule has 2 aromatic carbocycles.